The molecule has 0 amide bonds. The second-order valence-electron chi connectivity index (χ2n) is 0. The van der Waals surface area contributed by atoms with Crippen LogP contribution < -0.4 is 29.6 Å². The van der Waals surface area contributed by atoms with E-state index < -0.39 is 0 Å². The quantitative estimate of drug-likeness (QED) is 0.340. The first kappa shape index (κ1) is 17.0. The molecule has 0 bridgehead atoms. The fourth-order valence-electron chi connectivity index (χ4n) is 0. The zero-order valence-electron chi connectivity index (χ0n) is 3.08. The van der Waals surface area contributed by atoms with Gasteiger partial charge in [-0.25, -0.2) is 0 Å². The molecule has 0 spiro atoms. The normalized spacial score (nSPS) is 1.25. The van der Waals surface area contributed by atoms with Crippen LogP contribution in [-0.4, -0.2) is 0 Å². The maximum absolute atomic E-state index is 8.00. The van der Waals surface area contributed by atoms with E-state index in [-0.39, 0.29) is 47.5 Å². The summed E-state index contributed by atoms with van der Waals surface area (Å²) < 4.78 is 8.00. The first-order valence-electron chi connectivity index (χ1n) is 0.144. The minimum atomic E-state index is 0. The van der Waals surface area contributed by atoms with Crippen LogP contribution in [-0.2, 0) is 36.3 Å². The van der Waals surface area contributed by atoms with Crippen molar-refractivity contribution in [1.82, 2.24) is 0 Å². The molecule has 0 rings (SSSR count). The van der Waals surface area contributed by atoms with Crippen molar-refractivity contribution in [2.24, 2.45) is 0 Å². The molecule has 1 nitrogen and oxygen atoms in total. The molecule has 0 unspecified atom stereocenters. The first-order chi connectivity index (χ1) is 1.00. The van der Waals surface area contributed by atoms with Gasteiger partial charge in [-0.1, -0.05) is 0 Å². The minimum absolute atomic E-state index is 0. The van der Waals surface area contributed by atoms with Crippen LogP contribution in [0.25, 0.3) is 0 Å². The number of rotatable bonds is 0. The van der Waals surface area contributed by atoms with E-state index in [0.29, 0.717) is 0 Å². The van der Waals surface area contributed by atoms with E-state index in [1.54, 1.807) is 0 Å². The third-order valence-electron chi connectivity index (χ3n) is 0. The van der Waals surface area contributed by atoms with Crippen LogP contribution in [0.2, 0.25) is 0 Å². The molecule has 0 radical (unpaired) electrons. The van der Waals surface area contributed by atoms with E-state index in [0.717, 1.165) is 0 Å². The third kappa shape index (κ3) is 9.18. The van der Waals surface area contributed by atoms with Crippen molar-refractivity contribution in [1.29, 1.82) is 0 Å². The SMILES string of the molecule is [H-].[Na+].[Ni].[O]=[Fe]. The zero-order chi connectivity index (χ0) is 2.00. The summed E-state index contributed by atoms with van der Waals surface area (Å²) in [5.74, 6) is 0. The predicted molar refractivity (Wildman–Crippen MR) is 1.80 cm³/mol. The summed E-state index contributed by atoms with van der Waals surface area (Å²) in [7, 11) is 0. The van der Waals surface area contributed by atoms with Crippen LogP contribution in [0.3, 0.4) is 0 Å². The fraction of sp³-hybridized carbons (Fsp3) is 0. The Hall–Kier alpha value is 1.81. The van der Waals surface area contributed by atoms with Crippen molar-refractivity contribution in [2.75, 3.05) is 0 Å². The van der Waals surface area contributed by atoms with Gasteiger partial charge in [-0.15, -0.1) is 0 Å². The van der Waals surface area contributed by atoms with Gasteiger partial charge in [0.05, 0.1) is 0 Å². The van der Waals surface area contributed by atoms with Crippen molar-refractivity contribution >= 4 is 0 Å². The standard InChI is InChI=1S/Fe.Na.Ni.O.H/q;+1;;;-1. The molecule has 0 aromatic rings. The summed E-state index contributed by atoms with van der Waals surface area (Å²) >= 11 is 2.00. The first-order valence-corrected chi connectivity index (χ1v) is 0.595. The molecule has 0 aliphatic carbocycles. The Morgan fingerprint density at radius 2 is 1.50 bits per heavy atom. The van der Waals surface area contributed by atoms with Crippen molar-refractivity contribution < 1.29 is 67.3 Å². The zero-order valence-corrected chi connectivity index (χ0v) is 6.17. The molecule has 0 N–H and O–H groups in total. The van der Waals surface area contributed by atoms with Crippen molar-refractivity contribution in [3.8, 4) is 0 Å². The molecule has 0 atom stereocenters. The third-order valence-corrected chi connectivity index (χ3v) is 0. The van der Waals surface area contributed by atoms with Gasteiger partial charge in [-0.3, -0.25) is 0 Å². The van der Waals surface area contributed by atoms with Crippen LogP contribution in [0.1, 0.15) is 1.43 Å². The predicted octanol–water partition coefficient (Wildman–Crippen LogP) is -3.01. The van der Waals surface area contributed by atoms with Crippen LogP contribution in [0.4, 0.5) is 0 Å². The molecule has 0 aliphatic heterocycles. The van der Waals surface area contributed by atoms with E-state index in [1.165, 1.54) is 0 Å². The van der Waals surface area contributed by atoms with Gasteiger partial charge in [0.25, 0.3) is 0 Å². The van der Waals surface area contributed by atoms with Crippen molar-refractivity contribution in [3.05, 3.63) is 0 Å². The topological polar surface area (TPSA) is 17.1 Å². The maximum atomic E-state index is 8.00. The van der Waals surface area contributed by atoms with Gasteiger partial charge in [0, 0.05) is 16.5 Å². The summed E-state index contributed by atoms with van der Waals surface area (Å²) in [4.78, 5) is 0. The number of hydrogen-bond donors (Lipinski definition) is 0. The molecule has 0 saturated heterocycles. The summed E-state index contributed by atoms with van der Waals surface area (Å²) in [6.07, 6.45) is 0. The Morgan fingerprint density at radius 1 is 1.50 bits per heavy atom. The molecular formula is HFeNaNiO. The van der Waals surface area contributed by atoms with E-state index in [1.807, 2.05) is 15.9 Å². The molecule has 26 valence electrons. The van der Waals surface area contributed by atoms with Gasteiger partial charge in [-0.05, 0) is 0 Å². The van der Waals surface area contributed by atoms with E-state index >= 15 is 0 Å². The summed E-state index contributed by atoms with van der Waals surface area (Å²) in [6, 6.07) is 0. The summed E-state index contributed by atoms with van der Waals surface area (Å²) in [5, 5.41) is 0. The van der Waals surface area contributed by atoms with Gasteiger partial charge in [0.15, 0.2) is 0 Å². The Bertz CT molecular complexity index is 11.6. The number of hydrogen-bond acceptors (Lipinski definition) is 1. The van der Waals surface area contributed by atoms with E-state index in [4.69, 9.17) is 3.83 Å². The molecule has 0 fully saturated rings. The Kier molecular flexibility index (Phi) is 90.6. The van der Waals surface area contributed by atoms with Crippen LogP contribution in [0, 0.1) is 0 Å². The Balaban J connectivity index is -0.00000000167. The molecule has 0 aliphatic rings. The van der Waals surface area contributed by atoms with Gasteiger partial charge >= 0.3 is 49.3 Å². The monoisotopic (exact) mass is 154 g/mol. The average Bonchev–Trinajstić information content (AvgIpc) is 1.00. The summed E-state index contributed by atoms with van der Waals surface area (Å²) in [5.41, 5.74) is 0. The Morgan fingerprint density at radius 3 is 1.50 bits per heavy atom. The molecule has 4 heavy (non-hydrogen) atoms. The van der Waals surface area contributed by atoms with E-state index in [2.05, 4.69) is 0 Å². The van der Waals surface area contributed by atoms with Crippen molar-refractivity contribution in [3.63, 3.8) is 0 Å². The average molecular weight is 155 g/mol. The van der Waals surface area contributed by atoms with Gasteiger partial charge in [0.2, 0.25) is 0 Å². The Labute approximate surface area is 66.6 Å². The van der Waals surface area contributed by atoms with Crippen LogP contribution >= 0.6 is 0 Å². The molecule has 0 heterocycles. The van der Waals surface area contributed by atoms with Gasteiger partial charge in [0.1, 0.15) is 0 Å². The molecule has 0 aromatic carbocycles. The molecular weight excluding hydrogens is 154 g/mol. The second-order valence-corrected chi connectivity index (χ2v) is 0. The second kappa shape index (κ2) is 21.3. The van der Waals surface area contributed by atoms with Crippen LogP contribution in [0.5, 0.6) is 0 Å². The van der Waals surface area contributed by atoms with Gasteiger partial charge < -0.3 is 1.43 Å². The summed E-state index contributed by atoms with van der Waals surface area (Å²) in [6.45, 7) is 0. The molecule has 0 aromatic heterocycles. The van der Waals surface area contributed by atoms with E-state index in [9.17, 15) is 0 Å². The fourth-order valence-corrected chi connectivity index (χ4v) is 0. The molecule has 4 heteroatoms. The molecule has 0 saturated carbocycles. The van der Waals surface area contributed by atoms with Crippen molar-refractivity contribution in [2.45, 2.75) is 0 Å². The van der Waals surface area contributed by atoms with Gasteiger partial charge in [-0.2, -0.15) is 0 Å². The van der Waals surface area contributed by atoms with Crippen LogP contribution in [0.15, 0.2) is 0 Å².